The van der Waals surface area contributed by atoms with Gasteiger partial charge >= 0.3 is 0 Å². The normalized spacial score (nSPS) is 12.1. The molecule has 1 N–H and O–H groups in total. The van der Waals surface area contributed by atoms with Crippen LogP contribution >= 0.6 is 11.3 Å². The molecule has 152 valence electrons. The van der Waals surface area contributed by atoms with Crippen molar-refractivity contribution in [1.29, 1.82) is 0 Å². The van der Waals surface area contributed by atoms with Gasteiger partial charge in [-0.3, -0.25) is 14.2 Å². The van der Waals surface area contributed by atoms with E-state index < -0.39 is 6.04 Å². The molecule has 0 aliphatic carbocycles. The number of benzene rings is 2. The molecule has 0 aliphatic heterocycles. The molecular formula is C23H20FN3O2S. The maximum atomic E-state index is 13.4. The molecule has 4 rings (SSSR count). The smallest absolute Gasteiger partial charge is 0.263 e. The molecule has 0 aliphatic rings. The Labute approximate surface area is 176 Å². The number of carbonyl (C=O) groups is 1. The van der Waals surface area contributed by atoms with Crippen molar-refractivity contribution in [2.24, 2.45) is 0 Å². The minimum atomic E-state index is -0.753. The Hall–Kier alpha value is -3.32. The first-order chi connectivity index (χ1) is 14.3. The van der Waals surface area contributed by atoms with Gasteiger partial charge in [0.1, 0.15) is 16.7 Å². The molecule has 0 bridgehead atoms. The van der Waals surface area contributed by atoms with E-state index in [9.17, 15) is 14.0 Å². The third-order valence-electron chi connectivity index (χ3n) is 5.06. The molecule has 0 fully saturated rings. The van der Waals surface area contributed by atoms with E-state index in [0.717, 1.165) is 21.6 Å². The van der Waals surface area contributed by atoms with Crippen LogP contribution in [0, 0.1) is 19.7 Å². The minimum Gasteiger partial charge on any atom is -0.324 e. The Morgan fingerprint density at radius 1 is 1.10 bits per heavy atom. The molecule has 0 saturated carbocycles. The van der Waals surface area contributed by atoms with Crippen LogP contribution in [0.2, 0.25) is 0 Å². The van der Waals surface area contributed by atoms with Gasteiger partial charge in [-0.2, -0.15) is 0 Å². The first kappa shape index (κ1) is 20.0. The summed E-state index contributed by atoms with van der Waals surface area (Å²) in [6.07, 6.45) is 1.41. The number of amides is 1. The van der Waals surface area contributed by atoms with Crippen molar-refractivity contribution in [2.75, 3.05) is 5.32 Å². The summed E-state index contributed by atoms with van der Waals surface area (Å²) in [6, 6.07) is 12.7. The number of aryl methyl sites for hydroxylation is 2. The number of carbonyl (C=O) groups excluding carboxylic acids is 1. The van der Waals surface area contributed by atoms with Crippen LogP contribution in [0.3, 0.4) is 0 Å². The van der Waals surface area contributed by atoms with Gasteiger partial charge < -0.3 is 5.32 Å². The highest BCUT2D eigenvalue weighted by molar-refractivity contribution is 7.19. The van der Waals surface area contributed by atoms with Crippen LogP contribution in [0.15, 0.2) is 59.7 Å². The van der Waals surface area contributed by atoms with Gasteiger partial charge in [0.25, 0.3) is 5.56 Å². The Balaban J connectivity index is 1.74. The van der Waals surface area contributed by atoms with Gasteiger partial charge in [-0.05, 0) is 50.6 Å². The second kappa shape index (κ2) is 7.84. The van der Waals surface area contributed by atoms with Crippen molar-refractivity contribution in [1.82, 2.24) is 9.55 Å². The molecule has 1 unspecified atom stereocenters. The van der Waals surface area contributed by atoms with Gasteiger partial charge in [-0.25, -0.2) is 9.37 Å². The molecule has 7 heteroatoms. The Kier molecular flexibility index (Phi) is 5.22. The van der Waals surface area contributed by atoms with E-state index in [0.29, 0.717) is 15.9 Å². The second-order valence-electron chi connectivity index (χ2n) is 7.21. The average Bonchev–Trinajstić information content (AvgIpc) is 3.07. The van der Waals surface area contributed by atoms with E-state index in [1.165, 1.54) is 34.4 Å². The Morgan fingerprint density at radius 3 is 2.43 bits per heavy atom. The van der Waals surface area contributed by atoms with Gasteiger partial charge in [-0.1, -0.05) is 29.8 Å². The van der Waals surface area contributed by atoms with E-state index in [1.807, 2.05) is 38.1 Å². The highest BCUT2D eigenvalue weighted by Gasteiger charge is 2.22. The number of hydrogen-bond acceptors (Lipinski definition) is 4. The predicted molar refractivity (Wildman–Crippen MR) is 119 cm³/mol. The van der Waals surface area contributed by atoms with Gasteiger partial charge in [0.2, 0.25) is 5.91 Å². The maximum absolute atomic E-state index is 13.4. The number of hydrogen-bond donors (Lipinski definition) is 1. The molecule has 0 radical (unpaired) electrons. The largest absolute Gasteiger partial charge is 0.324 e. The summed E-state index contributed by atoms with van der Waals surface area (Å²) in [6.45, 7) is 5.54. The zero-order chi connectivity index (χ0) is 21.4. The fourth-order valence-electron chi connectivity index (χ4n) is 3.37. The van der Waals surface area contributed by atoms with Crippen LogP contribution in [0.5, 0.6) is 0 Å². The molecule has 0 saturated heterocycles. The quantitative estimate of drug-likeness (QED) is 0.500. The molecular weight excluding hydrogens is 401 g/mol. The van der Waals surface area contributed by atoms with Crippen LogP contribution in [0.4, 0.5) is 10.1 Å². The molecule has 0 spiro atoms. The third kappa shape index (κ3) is 3.64. The molecule has 2 heterocycles. The van der Waals surface area contributed by atoms with E-state index in [1.54, 1.807) is 19.1 Å². The molecule has 2 aromatic heterocycles. The van der Waals surface area contributed by atoms with Crippen molar-refractivity contribution < 1.29 is 9.18 Å². The molecule has 1 atom stereocenters. The van der Waals surface area contributed by atoms with Crippen molar-refractivity contribution in [2.45, 2.75) is 26.8 Å². The first-order valence-electron chi connectivity index (χ1n) is 9.49. The number of nitrogens with zero attached hydrogens (tertiary/aromatic N) is 2. The molecule has 2 aromatic carbocycles. The summed E-state index contributed by atoms with van der Waals surface area (Å²) >= 11 is 1.41. The Morgan fingerprint density at radius 2 is 1.77 bits per heavy atom. The van der Waals surface area contributed by atoms with Gasteiger partial charge in [0.05, 0.1) is 11.7 Å². The number of aromatic nitrogens is 2. The number of nitrogens with one attached hydrogen (secondary N) is 1. The lowest BCUT2D eigenvalue weighted by Crippen LogP contribution is -2.31. The van der Waals surface area contributed by atoms with Crippen LogP contribution in [0.25, 0.3) is 21.3 Å². The van der Waals surface area contributed by atoms with E-state index in [-0.39, 0.29) is 17.3 Å². The lowest BCUT2D eigenvalue weighted by molar-refractivity contribution is -0.118. The van der Waals surface area contributed by atoms with E-state index >= 15 is 0 Å². The number of rotatable bonds is 4. The summed E-state index contributed by atoms with van der Waals surface area (Å²) in [5.74, 6) is -0.648. The lowest BCUT2D eigenvalue weighted by atomic mass is 10.0. The monoisotopic (exact) mass is 421 g/mol. The second-order valence-corrected chi connectivity index (χ2v) is 8.41. The highest BCUT2D eigenvalue weighted by Crippen LogP contribution is 2.35. The molecule has 5 nitrogen and oxygen atoms in total. The van der Waals surface area contributed by atoms with E-state index in [2.05, 4.69) is 10.3 Å². The highest BCUT2D eigenvalue weighted by atomic mass is 32.1. The van der Waals surface area contributed by atoms with Crippen molar-refractivity contribution in [3.8, 4) is 11.1 Å². The Bertz CT molecular complexity index is 1290. The maximum Gasteiger partial charge on any atom is 0.263 e. The fourth-order valence-corrected chi connectivity index (χ4v) is 4.37. The standard InChI is InChI=1S/C23H20FN3O2S/c1-13-4-10-18(11-5-13)26-21(28)14(2)27-12-25-22-20(23(27)29)19(15(3)30-22)16-6-8-17(24)9-7-16/h4-12,14H,1-3H3,(H,26,28). The number of thiophene rings is 1. The van der Waals surface area contributed by atoms with Crippen molar-refractivity contribution in [3.63, 3.8) is 0 Å². The molecule has 4 aromatic rings. The fraction of sp³-hybridized carbons (Fsp3) is 0.174. The predicted octanol–water partition coefficient (Wildman–Crippen LogP) is 5.08. The number of halogens is 1. The summed E-state index contributed by atoms with van der Waals surface area (Å²) in [4.78, 5) is 32.0. The van der Waals surface area contributed by atoms with Gasteiger partial charge in [0, 0.05) is 16.1 Å². The van der Waals surface area contributed by atoms with E-state index in [4.69, 9.17) is 0 Å². The third-order valence-corrected chi connectivity index (χ3v) is 6.08. The zero-order valence-corrected chi connectivity index (χ0v) is 17.6. The van der Waals surface area contributed by atoms with Crippen LogP contribution < -0.4 is 10.9 Å². The van der Waals surface area contributed by atoms with Crippen LogP contribution in [-0.2, 0) is 4.79 Å². The summed E-state index contributed by atoms with van der Waals surface area (Å²) in [5, 5.41) is 3.28. The zero-order valence-electron chi connectivity index (χ0n) is 16.8. The molecule has 30 heavy (non-hydrogen) atoms. The van der Waals surface area contributed by atoms with Crippen molar-refractivity contribution >= 4 is 33.1 Å². The van der Waals surface area contributed by atoms with Gasteiger partial charge in [0.15, 0.2) is 0 Å². The number of fused-ring (bicyclic) bond motifs is 1. The SMILES string of the molecule is Cc1ccc(NC(=O)C(C)n2cnc3sc(C)c(-c4ccc(F)cc4)c3c2=O)cc1. The lowest BCUT2D eigenvalue weighted by Gasteiger charge is -2.15. The number of anilines is 1. The van der Waals surface area contributed by atoms with Crippen LogP contribution in [0.1, 0.15) is 23.4 Å². The summed E-state index contributed by atoms with van der Waals surface area (Å²) in [7, 11) is 0. The topological polar surface area (TPSA) is 64.0 Å². The van der Waals surface area contributed by atoms with Crippen molar-refractivity contribution in [3.05, 3.63) is 81.5 Å². The van der Waals surface area contributed by atoms with Crippen LogP contribution in [-0.4, -0.2) is 15.5 Å². The first-order valence-corrected chi connectivity index (χ1v) is 10.3. The summed E-state index contributed by atoms with van der Waals surface area (Å²) in [5.41, 5.74) is 2.93. The summed E-state index contributed by atoms with van der Waals surface area (Å²) < 4.78 is 14.7. The average molecular weight is 421 g/mol. The van der Waals surface area contributed by atoms with Gasteiger partial charge in [-0.15, -0.1) is 11.3 Å². The molecule has 1 amide bonds. The minimum absolute atomic E-state index is 0.296.